The highest BCUT2D eigenvalue weighted by molar-refractivity contribution is 14.1. The average molecular weight is 1230 g/mol. The van der Waals surface area contributed by atoms with E-state index >= 15 is 0 Å². The highest BCUT2D eigenvalue weighted by Gasteiger charge is 2.38. The van der Waals surface area contributed by atoms with Gasteiger partial charge in [0.25, 0.3) is 0 Å². The minimum atomic E-state index is -1.78. The van der Waals surface area contributed by atoms with E-state index in [0.29, 0.717) is 23.3 Å². The van der Waals surface area contributed by atoms with E-state index in [2.05, 4.69) is 163 Å². The Bertz CT molecular complexity index is 2470. The summed E-state index contributed by atoms with van der Waals surface area (Å²) < 4.78 is 14.2. The molecular weight excluding hydrogens is 1150 g/mol. The van der Waals surface area contributed by atoms with E-state index in [1.54, 1.807) is 16.9 Å². The Balaban J connectivity index is 0.000000212. The van der Waals surface area contributed by atoms with Crippen LogP contribution in [0.4, 0.5) is 0 Å². The predicted octanol–water partition coefficient (Wildman–Crippen LogP) is 15.1. The molecule has 0 amide bonds. The zero-order valence-electron chi connectivity index (χ0n) is 42.8. The van der Waals surface area contributed by atoms with Crippen LogP contribution in [0.2, 0.25) is 18.1 Å². The number of aromatic carboxylic acids is 1. The van der Waals surface area contributed by atoms with Crippen molar-refractivity contribution in [2.45, 2.75) is 117 Å². The molecule has 2 fully saturated rings. The Morgan fingerprint density at radius 3 is 1.54 bits per heavy atom. The zero-order chi connectivity index (χ0) is 50.3. The second-order valence-electron chi connectivity index (χ2n) is 21.8. The molecule has 0 unspecified atom stereocenters. The maximum atomic E-state index is 13.1. The number of hydrogen-bond donors (Lipinski definition) is 2. The van der Waals surface area contributed by atoms with Gasteiger partial charge in [0.1, 0.15) is 9.75 Å². The molecule has 4 aromatic rings. The molecule has 0 saturated heterocycles. The second kappa shape index (κ2) is 24.9. The number of halogens is 2. The van der Waals surface area contributed by atoms with E-state index in [9.17, 15) is 19.8 Å². The molecule has 4 heterocycles. The van der Waals surface area contributed by atoms with Crippen LogP contribution in [0.15, 0.2) is 71.8 Å². The third kappa shape index (κ3) is 13.9. The first-order valence-corrected chi connectivity index (χ1v) is 32.3. The van der Waals surface area contributed by atoms with Crippen LogP contribution in [0, 0.1) is 30.8 Å². The molecule has 2 aromatic heterocycles. The number of methoxy groups -OCH3 is 1. The van der Waals surface area contributed by atoms with Crippen LogP contribution in [-0.2, 0) is 9.16 Å². The molecule has 8 rings (SSSR count). The third-order valence-electron chi connectivity index (χ3n) is 16.0. The quantitative estimate of drug-likeness (QED) is 0.0732. The summed E-state index contributed by atoms with van der Waals surface area (Å²) in [6, 6.07) is 21.2. The molecule has 8 nitrogen and oxygen atoms in total. The van der Waals surface area contributed by atoms with Crippen molar-refractivity contribution >= 4 is 99.3 Å². The fraction of sp³-hybridized carbons (Fsp3) is 0.544. The number of carboxylic acids is 1. The molecule has 2 aliphatic carbocycles. The van der Waals surface area contributed by atoms with Crippen molar-refractivity contribution in [3.05, 3.63) is 99.8 Å². The van der Waals surface area contributed by atoms with Gasteiger partial charge in [-0.2, -0.15) is 0 Å². The number of carbonyl (C=O) groups excluding carboxylic acids is 1. The molecular formula is C57H76I2N2O6S2Si. The van der Waals surface area contributed by atoms with Crippen molar-refractivity contribution in [1.29, 1.82) is 0 Å². The molecule has 2 saturated carbocycles. The number of rotatable bonds is 14. The van der Waals surface area contributed by atoms with Gasteiger partial charge in [0.15, 0.2) is 8.32 Å². The van der Waals surface area contributed by atoms with Crippen molar-refractivity contribution in [3.8, 4) is 20.9 Å². The van der Waals surface area contributed by atoms with E-state index in [1.807, 2.05) is 0 Å². The van der Waals surface area contributed by atoms with Gasteiger partial charge in [-0.25, -0.2) is 9.59 Å². The first kappa shape index (κ1) is 55.5. The molecule has 0 spiro atoms. The van der Waals surface area contributed by atoms with Crippen molar-refractivity contribution in [3.63, 3.8) is 0 Å². The molecule has 4 aliphatic rings. The molecule has 0 radical (unpaired) electrons. The number of benzene rings is 2. The minimum absolute atomic E-state index is 0.132. The largest absolute Gasteiger partial charge is 0.477 e. The average Bonchev–Trinajstić information content (AvgIpc) is 3.99. The first-order valence-electron chi connectivity index (χ1n) is 25.6. The number of hydrogen-bond acceptors (Lipinski definition) is 9. The van der Waals surface area contributed by atoms with Crippen molar-refractivity contribution in [2.75, 3.05) is 59.6 Å². The highest BCUT2D eigenvalue weighted by Crippen LogP contribution is 2.46. The van der Waals surface area contributed by atoms with Gasteiger partial charge < -0.3 is 19.4 Å². The van der Waals surface area contributed by atoms with Gasteiger partial charge in [-0.05, 0) is 184 Å². The van der Waals surface area contributed by atoms with Gasteiger partial charge in [0, 0.05) is 73.9 Å². The fourth-order valence-electron chi connectivity index (χ4n) is 10.6. The summed E-state index contributed by atoms with van der Waals surface area (Å²) in [4.78, 5) is 33.4. The summed E-state index contributed by atoms with van der Waals surface area (Å²) in [6.45, 7) is 22.3. The van der Waals surface area contributed by atoms with Crippen LogP contribution < -0.4 is 0 Å². The smallest absolute Gasteiger partial charge is 0.348 e. The van der Waals surface area contributed by atoms with Gasteiger partial charge in [-0.3, -0.25) is 9.80 Å². The standard InChI is InChI=1S/C32H46INO3SSi.C25H30INO3S/c1-22-8-10-23(11-9-22)26-16-17-34(18-19-37-39(6,7)32(2,3)4)21-28(26)27-20-29(38-30(27)31(35)36-5)24-12-14-25(33)15-13-24;1-16-2-4-17(5-3-16)20-10-11-27(12-13-28)15-22(20)21-14-23(31-24(21)25(29)30)18-6-8-19(26)9-7-18/h12-15,20,22-23H,8-11,16-19,21H2,1-7H3;6-9,14,16-17,28H,2-5,10-13,15H2,1H3,(H,29,30). The molecule has 2 aliphatic heterocycles. The summed E-state index contributed by atoms with van der Waals surface area (Å²) in [5.74, 6) is 1.71. The molecule has 0 bridgehead atoms. The fourth-order valence-corrected chi connectivity index (χ4v) is 14.5. The maximum absolute atomic E-state index is 13.1. The van der Waals surface area contributed by atoms with Crippen LogP contribution in [0.3, 0.4) is 0 Å². The number of thiophene rings is 2. The Labute approximate surface area is 455 Å². The van der Waals surface area contributed by atoms with Crippen LogP contribution in [0.25, 0.3) is 32.0 Å². The summed E-state index contributed by atoms with van der Waals surface area (Å²) >= 11 is 7.58. The molecule has 2 aromatic carbocycles. The highest BCUT2D eigenvalue weighted by atomic mass is 127. The molecule has 70 heavy (non-hydrogen) atoms. The second-order valence-corrected chi connectivity index (χ2v) is 31.2. The van der Waals surface area contributed by atoms with E-state index in [4.69, 9.17) is 9.16 Å². The lowest BCUT2D eigenvalue weighted by Crippen LogP contribution is -2.43. The molecule has 2 N–H and O–H groups in total. The Morgan fingerprint density at radius 2 is 1.13 bits per heavy atom. The number of carboxylic acid groups (broad SMARTS) is 1. The van der Waals surface area contributed by atoms with Crippen LogP contribution in [0.5, 0.6) is 0 Å². The summed E-state index contributed by atoms with van der Waals surface area (Å²) in [5, 5.41) is 19.7. The van der Waals surface area contributed by atoms with Gasteiger partial charge in [-0.15, -0.1) is 22.7 Å². The number of carbonyl (C=O) groups is 2. The lowest BCUT2D eigenvalue weighted by molar-refractivity contribution is 0.0604. The summed E-state index contributed by atoms with van der Waals surface area (Å²) in [5.41, 5.74) is 9.81. The maximum Gasteiger partial charge on any atom is 0.348 e. The zero-order valence-corrected chi connectivity index (χ0v) is 49.8. The van der Waals surface area contributed by atoms with E-state index in [0.717, 1.165) is 101 Å². The normalized spacial score (nSPS) is 21.9. The minimum Gasteiger partial charge on any atom is -0.477 e. The number of aliphatic hydroxyl groups excluding tert-OH is 1. The summed E-state index contributed by atoms with van der Waals surface area (Å²) in [7, 11) is -0.283. The van der Waals surface area contributed by atoms with Gasteiger partial charge >= 0.3 is 11.9 Å². The van der Waals surface area contributed by atoms with E-state index in [1.165, 1.54) is 93.7 Å². The lowest BCUT2D eigenvalue weighted by Gasteiger charge is -2.39. The number of aliphatic hydroxyl groups is 1. The molecule has 13 heteroatoms. The molecule has 0 atom stereocenters. The number of nitrogens with zero attached hydrogens (tertiary/aromatic N) is 2. The van der Waals surface area contributed by atoms with E-state index in [-0.39, 0.29) is 17.6 Å². The van der Waals surface area contributed by atoms with Crippen LogP contribution in [-0.4, -0.2) is 99.9 Å². The number of esters is 1. The number of β-amino-alcohol motifs (C(OH)–C–C–N with tert-alkyl or cyclic N) is 1. The van der Waals surface area contributed by atoms with Gasteiger partial charge in [0.2, 0.25) is 0 Å². The number of ether oxygens (including phenoxy) is 1. The SMILES string of the molecule is CC1CCC(C2=C(c3cc(-c4ccc(I)cc4)sc3C(=O)O)CN(CCO)CC2)CC1.COC(=O)c1sc(-c2ccc(I)cc2)cc1C1=C(C2CCC(C)CC2)CCN(CCO[Si](C)(C)C(C)(C)C)C1. The predicted molar refractivity (Wildman–Crippen MR) is 312 cm³/mol. The van der Waals surface area contributed by atoms with Crippen LogP contribution >= 0.6 is 67.9 Å². The van der Waals surface area contributed by atoms with E-state index < -0.39 is 14.3 Å². The lowest BCUT2D eigenvalue weighted by atomic mass is 9.75. The Kier molecular flexibility index (Phi) is 19.7. The van der Waals surface area contributed by atoms with Crippen molar-refractivity contribution in [1.82, 2.24) is 9.80 Å². The third-order valence-corrected chi connectivity index (χ3v) is 24.3. The van der Waals surface area contributed by atoms with Crippen molar-refractivity contribution < 1.29 is 29.0 Å². The first-order chi connectivity index (χ1) is 33.3. The van der Waals surface area contributed by atoms with Gasteiger partial charge in [0.05, 0.1) is 13.7 Å². The molecule has 380 valence electrons. The van der Waals surface area contributed by atoms with Crippen molar-refractivity contribution in [2.24, 2.45) is 23.7 Å². The van der Waals surface area contributed by atoms with Crippen LogP contribution in [0.1, 0.15) is 129 Å². The van der Waals surface area contributed by atoms with Gasteiger partial charge in [-0.1, -0.05) is 95.7 Å². The Morgan fingerprint density at radius 1 is 0.700 bits per heavy atom. The topological polar surface area (TPSA) is 99.5 Å². The Hall–Kier alpha value is -2.22. The monoisotopic (exact) mass is 1230 g/mol. The summed E-state index contributed by atoms with van der Waals surface area (Å²) in [6.07, 6.45) is 12.1.